The molecule has 180 valence electrons. The van der Waals surface area contributed by atoms with Crippen LogP contribution in [0.3, 0.4) is 0 Å². The molecule has 1 aromatic rings. The molecule has 1 heterocycles. The van der Waals surface area contributed by atoms with E-state index < -0.39 is 46.3 Å². The number of hydrogen-bond acceptors (Lipinski definition) is 8. The topological polar surface area (TPSA) is 144 Å². The highest BCUT2D eigenvalue weighted by atomic mass is 35.6. The van der Waals surface area contributed by atoms with Crippen LogP contribution in [-0.4, -0.2) is 52.1 Å². The van der Waals surface area contributed by atoms with Crippen molar-refractivity contribution in [1.82, 2.24) is 0 Å². The third-order valence-corrected chi connectivity index (χ3v) is 5.18. The number of nitrogens with zero attached hydrogens (tertiary/aromatic N) is 3. The van der Waals surface area contributed by atoms with Crippen molar-refractivity contribution in [2.75, 3.05) is 0 Å². The van der Waals surface area contributed by atoms with Crippen molar-refractivity contribution in [2.24, 2.45) is 5.11 Å². The molecule has 0 bridgehead atoms. The molecule has 1 aromatic carbocycles. The van der Waals surface area contributed by atoms with E-state index in [1.54, 1.807) is 6.92 Å². The van der Waals surface area contributed by atoms with Crippen molar-refractivity contribution in [1.29, 1.82) is 5.41 Å². The molecule has 0 spiro atoms. The molecule has 1 aliphatic heterocycles. The van der Waals surface area contributed by atoms with Gasteiger partial charge in [0.25, 0.3) is 3.79 Å². The summed E-state index contributed by atoms with van der Waals surface area (Å²) in [5.74, 6) is -1.70. The van der Waals surface area contributed by atoms with Crippen molar-refractivity contribution < 1.29 is 28.5 Å². The lowest BCUT2D eigenvalue weighted by Gasteiger charge is -2.43. The Bertz CT molecular complexity index is 892. The zero-order valence-electron chi connectivity index (χ0n) is 17.8. The summed E-state index contributed by atoms with van der Waals surface area (Å²) in [6.45, 7) is 3.03. The minimum atomic E-state index is -2.20. The molecule has 0 aromatic heterocycles. The zero-order chi connectivity index (χ0) is 24.6. The average Bonchev–Trinajstić information content (AvgIpc) is 2.74. The quantitative estimate of drug-likeness (QED) is 0.0953. The van der Waals surface area contributed by atoms with E-state index in [1.807, 2.05) is 30.3 Å². The predicted molar refractivity (Wildman–Crippen MR) is 121 cm³/mol. The van der Waals surface area contributed by atoms with Crippen molar-refractivity contribution in [3.8, 4) is 0 Å². The highest BCUT2D eigenvalue weighted by Gasteiger charge is 2.49. The molecule has 1 saturated heterocycles. The number of ketones is 1. The lowest BCUT2D eigenvalue weighted by atomic mass is 9.97. The van der Waals surface area contributed by atoms with Gasteiger partial charge in [0.1, 0.15) is 11.9 Å². The first-order valence-electron chi connectivity index (χ1n) is 9.89. The zero-order valence-corrected chi connectivity index (χ0v) is 20.1. The lowest BCUT2D eigenvalue weighted by Crippen LogP contribution is -2.59. The van der Waals surface area contributed by atoms with Gasteiger partial charge in [0.2, 0.25) is 12.2 Å². The number of carbonyl (C=O) groups is 2. The van der Waals surface area contributed by atoms with Crippen molar-refractivity contribution in [3.05, 3.63) is 46.3 Å². The summed E-state index contributed by atoms with van der Waals surface area (Å²) in [6.07, 6.45) is -4.73. The Morgan fingerprint density at radius 1 is 1.18 bits per heavy atom. The van der Waals surface area contributed by atoms with Gasteiger partial charge in [0.05, 0.1) is 25.2 Å². The number of halogens is 3. The highest BCUT2D eigenvalue weighted by Crippen LogP contribution is 2.33. The van der Waals surface area contributed by atoms with Crippen LogP contribution in [0.25, 0.3) is 10.4 Å². The number of nitrogens with one attached hydrogen (secondary N) is 1. The van der Waals surface area contributed by atoms with Crippen molar-refractivity contribution in [3.63, 3.8) is 0 Å². The Balaban J connectivity index is 2.34. The van der Waals surface area contributed by atoms with Crippen LogP contribution in [0.4, 0.5) is 0 Å². The van der Waals surface area contributed by atoms with Crippen LogP contribution in [0.1, 0.15) is 32.3 Å². The molecule has 33 heavy (non-hydrogen) atoms. The number of ether oxygens (including phenoxy) is 4. The van der Waals surface area contributed by atoms with Gasteiger partial charge in [-0.1, -0.05) is 70.2 Å². The normalized spacial score (nSPS) is 24.9. The molecule has 0 aliphatic carbocycles. The van der Waals surface area contributed by atoms with Crippen LogP contribution in [-0.2, 0) is 35.1 Å². The number of esters is 1. The molecular weight excluding hydrogens is 499 g/mol. The maximum absolute atomic E-state index is 12.4. The van der Waals surface area contributed by atoms with E-state index in [0.717, 1.165) is 5.56 Å². The van der Waals surface area contributed by atoms with Crippen LogP contribution in [0.5, 0.6) is 0 Å². The fraction of sp³-hybridized carbons (Fsp3) is 0.550. The Morgan fingerprint density at radius 2 is 1.85 bits per heavy atom. The summed E-state index contributed by atoms with van der Waals surface area (Å²) in [4.78, 5) is 26.5. The van der Waals surface area contributed by atoms with E-state index in [9.17, 15) is 9.59 Å². The van der Waals surface area contributed by atoms with Crippen LogP contribution in [0, 0.1) is 5.41 Å². The smallest absolute Gasteiger partial charge is 0.306 e. The van der Waals surface area contributed by atoms with Crippen molar-refractivity contribution in [2.45, 2.75) is 67.7 Å². The fourth-order valence-electron chi connectivity index (χ4n) is 3.05. The molecule has 10 nitrogen and oxygen atoms in total. The molecule has 5 atom stereocenters. The summed E-state index contributed by atoms with van der Waals surface area (Å²) >= 11 is 17.1. The monoisotopic (exact) mass is 520 g/mol. The van der Waals surface area contributed by atoms with Crippen molar-refractivity contribution >= 4 is 52.5 Å². The Kier molecular flexibility index (Phi) is 10.2. The summed E-state index contributed by atoms with van der Waals surface area (Å²) in [6, 6.07) is 8.23. The summed E-state index contributed by atoms with van der Waals surface area (Å²) in [5.41, 5.74) is 9.86. The Morgan fingerprint density at radius 3 is 2.42 bits per heavy atom. The van der Waals surface area contributed by atoms with Crippen LogP contribution in [0.2, 0.25) is 0 Å². The minimum Gasteiger partial charge on any atom is -0.453 e. The molecule has 1 unspecified atom stereocenters. The first-order chi connectivity index (χ1) is 15.5. The average molecular weight is 522 g/mol. The SMILES string of the molecule is CC(=O)CCC(=O)O[C@H]1C(OC(=N)C(Cl)(Cl)Cl)O[C@H](C)[C@@H](N=[N+]=[N-])[C@@H]1OCc1ccccc1. The second-order valence-corrected chi connectivity index (χ2v) is 9.55. The van der Waals surface area contributed by atoms with Crippen LogP contribution < -0.4 is 0 Å². The van der Waals surface area contributed by atoms with Gasteiger partial charge in [-0.2, -0.15) is 0 Å². The number of carbonyl (C=O) groups excluding carboxylic acids is 2. The van der Waals surface area contributed by atoms with E-state index in [1.165, 1.54) is 6.92 Å². The molecular formula is C20H23Cl3N4O6. The first kappa shape index (κ1) is 27.2. The third kappa shape index (κ3) is 8.33. The molecule has 0 saturated carbocycles. The van der Waals surface area contributed by atoms with Gasteiger partial charge in [0, 0.05) is 11.3 Å². The van der Waals surface area contributed by atoms with Gasteiger partial charge >= 0.3 is 5.97 Å². The van der Waals surface area contributed by atoms with Crippen LogP contribution >= 0.6 is 34.8 Å². The van der Waals surface area contributed by atoms with Gasteiger partial charge in [-0.3, -0.25) is 10.2 Å². The highest BCUT2D eigenvalue weighted by molar-refractivity contribution is 6.76. The summed E-state index contributed by atoms with van der Waals surface area (Å²) < 4.78 is 20.4. The summed E-state index contributed by atoms with van der Waals surface area (Å²) in [7, 11) is 0. The molecule has 0 radical (unpaired) electrons. The third-order valence-electron chi connectivity index (χ3n) is 4.67. The lowest BCUT2D eigenvalue weighted by molar-refractivity contribution is -0.261. The van der Waals surface area contributed by atoms with E-state index >= 15 is 0 Å². The van der Waals surface area contributed by atoms with Gasteiger partial charge in [-0.25, -0.2) is 0 Å². The minimum absolute atomic E-state index is 0.0341. The number of rotatable bonds is 9. The largest absolute Gasteiger partial charge is 0.453 e. The predicted octanol–water partition coefficient (Wildman–Crippen LogP) is 4.64. The number of azide groups is 1. The number of alkyl halides is 3. The van der Waals surface area contributed by atoms with E-state index in [0.29, 0.717) is 0 Å². The molecule has 1 N–H and O–H groups in total. The molecule has 13 heteroatoms. The maximum Gasteiger partial charge on any atom is 0.306 e. The maximum atomic E-state index is 12.4. The summed E-state index contributed by atoms with van der Waals surface area (Å²) in [5, 5.41) is 11.6. The van der Waals surface area contributed by atoms with E-state index in [4.69, 9.17) is 64.7 Å². The number of hydrogen-bond donors (Lipinski definition) is 1. The van der Waals surface area contributed by atoms with Crippen LogP contribution in [0.15, 0.2) is 35.4 Å². The standard InChI is InChI=1S/C20H23Cl3N4O6/c1-11(28)8-9-14(29)32-17-16(30-10-13-6-4-3-5-7-13)15(26-27-25)12(2)31-18(17)33-19(24)20(21,22)23/h3-7,12,15-18,24H,8-10H2,1-2H3/t12-,15-,16+,17-,18?/m1/s1. The van der Waals surface area contributed by atoms with Gasteiger partial charge < -0.3 is 23.7 Å². The molecule has 1 aliphatic rings. The fourth-order valence-corrected chi connectivity index (χ4v) is 3.19. The van der Waals surface area contributed by atoms with E-state index in [-0.39, 0.29) is 25.2 Å². The number of Topliss-reactive ketones (excluding diaryl/α,β-unsaturated/α-hetero) is 1. The molecule has 2 rings (SSSR count). The van der Waals surface area contributed by atoms with Gasteiger partial charge in [-0.05, 0) is 24.9 Å². The molecule has 0 amide bonds. The van der Waals surface area contributed by atoms with Gasteiger partial charge in [-0.15, -0.1) is 0 Å². The second kappa shape index (κ2) is 12.4. The Hall–Kier alpha value is -2.07. The first-order valence-corrected chi connectivity index (χ1v) is 11.0. The van der Waals surface area contributed by atoms with E-state index in [2.05, 4.69) is 10.0 Å². The number of benzene rings is 1. The Labute approximate surface area is 205 Å². The van der Waals surface area contributed by atoms with Gasteiger partial charge in [0.15, 0.2) is 6.10 Å². The molecule has 1 fully saturated rings. The second-order valence-electron chi connectivity index (χ2n) is 7.27.